The van der Waals surface area contributed by atoms with Crippen LogP contribution in [0.25, 0.3) is 0 Å². The molecule has 28 heavy (non-hydrogen) atoms. The highest BCUT2D eigenvalue weighted by atomic mass is 16.5. The molecule has 2 heterocycles. The summed E-state index contributed by atoms with van der Waals surface area (Å²) in [5.41, 5.74) is 2.39. The van der Waals surface area contributed by atoms with Crippen LogP contribution in [0.15, 0.2) is 30.3 Å². The third-order valence-corrected chi connectivity index (χ3v) is 5.10. The van der Waals surface area contributed by atoms with Gasteiger partial charge in [-0.3, -0.25) is 4.79 Å². The first-order chi connectivity index (χ1) is 13.6. The van der Waals surface area contributed by atoms with Crippen LogP contribution >= 0.6 is 0 Å². The lowest BCUT2D eigenvalue weighted by Gasteiger charge is -2.36. The average molecular weight is 383 g/mol. The van der Waals surface area contributed by atoms with E-state index in [0.717, 1.165) is 43.3 Å². The summed E-state index contributed by atoms with van der Waals surface area (Å²) in [7, 11) is 1.70. The van der Waals surface area contributed by atoms with Crippen molar-refractivity contribution in [3.05, 3.63) is 41.7 Å². The van der Waals surface area contributed by atoms with Gasteiger partial charge in [-0.05, 0) is 39.0 Å². The number of hydrogen-bond donors (Lipinski definition) is 0. The number of ether oxygens (including phenoxy) is 1. The van der Waals surface area contributed by atoms with E-state index in [2.05, 4.69) is 25.8 Å². The number of anilines is 2. The van der Waals surface area contributed by atoms with Crippen LogP contribution in [-0.2, 0) is 0 Å². The van der Waals surface area contributed by atoms with Crippen LogP contribution in [0.3, 0.4) is 0 Å². The van der Waals surface area contributed by atoms with Crippen molar-refractivity contribution in [1.82, 2.24) is 14.9 Å². The van der Waals surface area contributed by atoms with E-state index in [4.69, 9.17) is 4.74 Å². The summed E-state index contributed by atoms with van der Waals surface area (Å²) in [6.07, 6.45) is 0. The van der Waals surface area contributed by atoms with Gasteiger partial charge in [0.1, 0.15) is 11.4 Å². The quantitative estimate of drug-likeness (QED) is 0.764. The highest BCUT2D eigenvalue weighted by molar-refractivity contribution is 5.92. The first-order valence-electron chi connectivity index (χ1n) is 9.85. The zero-order valence-corrected chi connectivity index (χ0v) is 17.2. The predicted molar refractivity (Wildman–Crippen MR) is 111 cm³/mol. The number of aryl methyl sites for hydroxylation is 1. The maximum atomic E-state index is 12.7. The van der Waals surface area contributed by atoms with Crippen molar-refractivity contribution in [3.8, 4) is 5.75 Å². The minimum Gasteiger partial charge on any atom is -0.495 e. The maximum Gasteiger partial charge on any atom is 0.272 e. The van der Waals surface area contributed by atoms with Gasteiger partial charge in [0.05, 0.1) is 12.8 Å². The molecule has 0 spiro atoms. The molecule has 3 rings (SSSR count). The van der Waals surface area contributed by atoms with E-state index in [1.54, 1.807) is 18.1 Å². The molecule has 0 aliphatic carbocycles. The van der Waals surface area contributed by atoms with Crippen molar-refractivity contribution in [2.45, 2.75) is 20.8 Å². The molecule has 1 aromatic carbocycles. The van der Waals surface area contributed by atoms with E-state index < -0.39 is 0 Å². The second kappa shape index (κ2) is 8.91. The minimum atomic E-state index is -0.0376. The zero-order valence-electron chi connectivity index (χ0n) is 17.2. The second-order valence-corrected chi connectivity index (χ2v) is 6.82. The number of carbonyl (C=O) groups excluding carboxylic acids is 1. The van der Waals surface area contributed by atoms with Crippen LogP contribution in [0.5, 0.6) is 5.75 Å². The van der Waals surface area contributed by atoms with Gasteiger partial charge in [0, 0.05) is 45.0 Å². The molecular formula is C21H29N5O2. The van der Waals surface area contributed by atoms with Gasteiger partial charge >= 0.3 is 0 Å². The van der Waals surface area contributed by atoms with Crippen molar-refractivity contribution < 1.29 is 9.53 Å². The molecule has 1 aromatic heterocycles. The average Bonchev–Trinajstić information content (AvgIpc) is 2.74. The standard InChI is InChI=1S/C21H29N5O2/c1-5-24(6-2)20(27)17-15-16(3)22-21(23-17)26-13-11-25(12-14-26)18-9-7-8-10-19(18)28-4/h7-10,15H,5-6,11-14H2,1-4H3. The number of benzene rings is 1. The Hall–Kier alpha value is -2.83. The highest BCUT2D eigenvalue weighted by Gasteiger charge is 2.23. The summed E-state index contributed by atoms with van der Waals surface area (Å²) in [4.78, 5) is 28.1. The molecule has 1 saturated heterocycles. The first-order valence-corrected chi connectivity index (χ1v) is 9.85. The van der Waals surface area contributed by atoms with E-state index in [0.29, 0.717) is 24.7 Å². The Morgan fingerprint density at radius 3 is 2.36 bits per heavy atom. The van der Waals surface area contributed by atoms with E-state index in [9.17, 15) is 4.79 Å². The number of nitrogens with zero attached hydrogens (tertiary/aromatic N) is 5. The summed E-state index contributed by atoms with van der Waals surface area (Å²) in [6, 6.07) is 9.84. The fourth-order valence-corrected chi connectivity index (χ4v) is 3.52. The van der Waals surface area contributed by atoms with Crippen LogP contribution in [-0.4, -0.2) is 67.2 Å². The molecule has 1 aliphatic heterocycles. The van der Waals surface area contributed by atoms with Gasteiger partial charge in [-0.2, -0.15) is 0 Å². The Balaban J connectivity index is 1.75. The number of amides is 1. The van der Waals surface area contributed by atoms with Gasteiger partial charge in [-0.1, -0.05) is 12.1 Å². The minimum absolute atomic E-state index is 0.0376. The molecule has 0 atom stereocenters. The van der Waals surface area contributed by atoms with Crippen molar-refractivity contribution in [2.75, 3.05) is 56.2 Å². The van der Waals surface area contributed by atoms with Gasteiger partial charge in [-0.25, -0.2) is 9.97 Å². The lowest BCUT2D eigenvalue weighted by molar-refractivity contribution is 0.0767. The molecule has 2 aromatic rings. The number of rotatable bonds is 6. The third kappa shape index (κ3) is 4.18. The monoisotopic (exact) mass is 383 g/mol. The number of aromatic nitrogens is 2. The molecule has 1 fully saturated rings. The molecule has 1 amide bonds. The molecular weight excluding hydrogens is 354 g/mol. The SMILES string of the molecule is CCN(CC)C(=O)c1cc(C)nc(N2CCN(c3ccccc3OC)CC2)n1. The summed E-state index contributed by atoms with van der Waals surface area (Å²) in [5.74, 6) is 1.48. The number of methoxy groups -OCH3 is 1. The number of piperazine rings is 1. The van der Waals surface area contributed by atoms with Crippen LogP contribution in [0, 0.1) is 6.92 Å². The van der Waals surface area contributed by atoms with Gasteiger partial charge in [0.2, 0.25) is 5.95 Å². The lowest BCUT2D eigenvalue weighted by atomic mass is 10.2. The fourth-order valence-electron chi connectivity index (χ4n) is 3.52. The van der Waals surface area contributed by atoms with Gasteiger partial charge < -0.3 is 19.4 Å². The Labute approximate surface area is 166 Å². The van der Waals surface area contributed by atoms with Crippen molar-refractivity contribution >= 4 is 17.5 Å². The maximum absolute atomic E-state index is 12.7. The third-order valence-electron chi connectivity index (χ3n) is 5.10. The van der Waals surface area contributed by atoms with Crippen molar-refractivity contribution in [3.63, 3.8) is 0 Å². The molecule has 7 heteroatoms. The molecule has 0 bridgehead atoms. The Morgan fingerprint density at radius 2 is 1.71 bits per heavy atom. The van der Waals surface area contributed by atoms with Crippen LogP contribution in [0.2, 0.25) is 0 Å². The molecule has 7 nitrogen and oxygen atoms in total. The normalized spacial score (nSPS) is 14.1. The summed E-state index contributed by atoms with van der Waals surface area (Å²) < 4.78 is 5.49. The number of hydrogen-bond acceptors (Lipinski definition) is 6. The van der Waals surface area contributed by atoms with E-state index in [1.165, 1.54) is 0 Å². The van der Waals surface area contributed by atoms with Crippen LogP contribution in [0.4, 0.5) is 11.6 Å². The van der Waals surface area contributed by atoms with Crippen LogP contribution in [0.1, 0.15) is 30.0 Å². The Kier molecular flexibility index (Phi) is 6.34. The molecule has 1 aliphatic rings. The van der Waals surface area contributed by atoms with E-state index >= 15 is 0 Å². The molecule has 0 N–H and O–H groups in total. The molecule has 0 radical (unpaired) electrons. The second-order valence-electron chi connectivity index (χ2n) is 6.82. The van der Waals surface area contributed by atoms with E-state index in [1.807, 2.05) is 39.0 Å². The fraction of sp³-hybridized carbons (Fsp3) is 0.476. The summed E-state index contributed by atoms with van der Waals surface area (Å²) in [6.45, 7) is 10.5. The zero-order chi connectivity index (χ0) is 20.1. The largest absolute Gasteiger partial charge is 0.495 e. The summed E-state index contributed by atoms with van der Waals surface area (Å²) >= 11 is 0. The molecule has 0 saturated carbocycles. The first kappa shape index (κ1) is 19.9. The van der Waals surface area contributed by atoms with Gasteiger partial charge in [-0.15, -0.1) is 0 Å². The highest BCUT2D eigenvalue weighted by Crippen LogP contribution is 2.28. The molecule has 150 valence electrons. The predicted octanol–water partition coefficient (Wildman–Crippen LogP) is 2.60. The van der Waals surface area contributed by atoms with Crippen molar-refractivity contribution in [1.29, 1.82) is 0 Å². The smallest absolute Gasteiger partial charge is 0.272 e. The Morgan fingerprint density at radius 1 is 1.07 bits per heavy atom. The van der Waals surface area contributed by atoms with E-state index in [-0.39, 0.29) is 5.91 Å². The number of carbonyl (C=O) groups is 1. The number of para-hydroxylation sites is 2. The van der Waals surface area contributed by atoms with Gasteiger partial charge in [0.15, 0.2) is 0 Å². The van der Waals surface area contributed by atoms with Crippen LogP contribution < -0.4 is 14.5 Å². The topological polar surface area (TPSA) is 61.8 Å². The Bertz CT molecular complexity index is 814. The lowest BCUT2D eigenvalue weighted by Crippen LogP contribution is -2.47. The van der Waals surface area contributed by atoms with Gasteiger partial charge in [0.25, 0.3) is 5.91 Å². The van der Waals surface area contributed by atoms with Crippen molar-refractivity contribution in [2.24, 2.45) is 0 Å². The molecule has 0 unspecified atom stereocenters. The summed E-state index contributed by atoms with van der Waals surface area (Å²) in [5, 5.41) is 0.